The Morgan fingerprint density at radius 1 is 1.43 bits per heavy atom. The van der Waals surface area contributed by atoms with E-state index in [1.54, 1.807) is 11.3 Å². The molecule has 14 heavy (non-hydrogen) atoms. The molecule has 1 unspecified atom stereocenters. The molecule has 0 radical (unpaired) electrons. The van der Waals surface area contributed by atoms with E-state index in [9.17, 15) is 0 Å². The highest BCUT2D eigenvalue weighted by Crippen LogP contribution is 2.08. The molecule has 80 valence electrons. The Morgan fingerprint density at radius 2 is 2.14 bits per heavy atom. The Balaban J connectivity index is 2.22. The maximum atomic E-state index is 4.43. The molecule has 0 spiro atoms. The molecule has 1 rings (SSSR count). The van der Waals surface area contributed by atoms with Gasteiger partial charge in [0.1, 0.15) is 0 Å². The van der Waals surface area contributed by atoms with Crippen molar-refractivity contribution in [2.24, 2.45) is 5.92 Å². The molecule has 1 atom stereocenters. The van der Waals surface area contributed by atoms with E-state index in [1.807, 2.05) is 0 Å². The smallest absolute Gasteiger partial charge is 0.0897 e. The minimum absolute atomic E-state index is 0.592. The first kappa shape index (κ1) is 11.7. The molecule has 0 saturated heterocycles. The minimum atomic E-state index is 0.592. The Kier molecular flexibility index (Phi) is 4.55. The summed E-state index contributed by atoms with van der Waals surface area (Å²) < 4.78 is 0. The van der Waals surface area contributed by atoms with E-state index in [1.165, 1.54) is 5.69 Å². The Hall–Kier alpha value is -0.410. The van der Waals surface area contributed by atoms with Crippen LogP contribution in [-0.4, -0.2) is 17.6 Å². The van der Waals surface area contributed by atoms with Crippen LogP contribution in [-0.2, 0) is 6.42 Å². The van der Waals surface area contributed by atoms with Gasteiger partial charge in [0.2, 0.25) is 0 Å². The summed E-state index contributed by atoms with van der Waals surface area (Å²) in [6, 6.07) is 0.592. The van der Waals surface area contributed by atoms with E-state index < -0.39 is 0 Å². The van der Waals surface area contributed by atoms with E-state index in [0.717, 1.165) is 18.0 Å². The number of hydrogen-bond donors (Lipinski definition) is 1. The van der Waals surface area contributed by atoms with Gasteiger partial charge in [-0.3, -0.25) is 0 Å². The summed E-state index contributed by atoms with van der Waals surface area (Å²) >= 11 is 1.73. The number of nitrogens with one attached hydrogen (secondary N) is 1. The molecule has 0 aromatic carbocycles. The molecule has 0 amide bonds. The second kappa shape index (κ2) is 5.47. The van der Waals surface area contributed by atoms with Gasteiger partial charge in [0.25, 0.3) is 0 Å². The van der Waals surface area contributed by atoms with Crippen LogP contribution in [0.15, 0.2) is 5.38 Å². The topological polar surface area (TPSA) is 24.9 Å². The molecule has 2 nitrogen and oxygen atoms in total. The number of thiazole rings is 1. The maximum Gasteiger partial charge on any atom is 0.0897 e. The summed E-state index contributed by atoms with van der Waals surface area (Å²) in [6.07, 6.45) is 1.04. The summed E-state index contributed by atoms with van der Waals surface area (Å²) in [5.74, 6) is 0.701. The van der Waals surface area contributed by atoms with Crippen molar-refractivity contribution in [2.75, 3.05) is 6.54 Å². The predicted molar refractivity (Wildman–Crippen MR) is 62.9 cm³/mol. The van der Waals surface area contributed by atoms with Crippen molar-refractivity contribution in [2.45, 2.75) is 40.2 Å². The zero-order valence-electron chi connectivity index (χ0n) is 9.50. The normalized spacial score (nSPS) is 13.5. The highest BCUT2D eigenvalue weighted by atomic mass is 32.1. The first-order chi connectivity index (χ1) is 6.59. The molecule has 1 aromatic heterocycles. The Morgan fingerprint density at radius 3 is 2.64 bits per heavy atom. The SMILES string of the molecule is Cc1nc(CCNC(C)C(C)C)cs1. The van der Waals surface area contributed by atoms with Gasteiger partial charge in [-0.05, 0) is 19.8 Å². The van der Waals surface area contributed by atoms with Gasteiger partial charge < -0.3 is 5.32 Å². The largest absolute Gasteiger partial charge is 0.314 e. The highest BCUT2D eigenvalue weighted by Gasteiger charge is 2.05. The molecule has 0 saturated carbocycles. The fraction of sp³-hybridized carbons (Fsp3) is 0.727. The van der Waals surface area contributed by atoms with Gasteiger partial charge in [0.05, 0.1) is 10.7 Å². The number of nitrogens with zero attached hydrogens (tertiary/aromatic N) is 1. The summed E-state index contributed by atoms with van der Waals surface area (Å²) in [5.41, 5.74) is 1.22. The lowest BCUT2D eigenvalue weighted by Gasteiger charge is -2.16. The van der Waals surface area contributed by atoms with Gasteiger partial charge in [-0.15, -0.1) is 11.3 Å². The van der Waals surface area contributed by atoms with Crippen molar-refractivity contribution in [3.63, 3.8) is 0 Å². The first-order valence-corrected chi connectivity index (χ1v) is 6.12. The molecule has 0 aliphatic carbocycles. The molecule has 0 fully saturated rings. The quantitative estimate of drug-likeness (QED) is 0.811. The van der Waals surface area contributed by atoms with E-state index in [0.29, 0.717) is 12.0 Å². The first-order valence-electron chi connectivity index (χ1n) is 5.24. The summed E-state index contributed by atoms with van der Waals surface area (Å²) in [7, 11) is 0. The molecule has 1 heterocycles. The zero-order chi connectivity index (χ0) is 10.6. The van der Waals surface area contributed by atoms with Gasteiger partial charge in [-0.2, -0.15) is 0 Å². The van der Waals surface area contributed by atoms with E-state index in [2.05, 4.69) is 43.4 Å². The summed E-state index contributed by atoms with van der Waals surface area (Å²) in [6.45, 7) is 9.80. The highest BCUT2D eigenvalue weighted by molar-refractivity contribution is 7.09. The fourth-order valence-corrected chi connectivity index (χ4v) is 1.83. The fourth-order valence-electron chi connectivity index (χ4n) is 1.19. The third-order valence-electron chi connectivity index (χ3n) is 2.51. The molecule has 0 aliphatic rings. The maximum absolute atomic E-state index is 4.43. The number of rotatable bonds is 5. The van der Waals surface area contributed by atoms with Crippen LogP contribution in [0.25, 0.3) is 0 Å². The van der Waals surface area contributed by atoms with E-state index in [4.69, 9.17) is 0 Å². The van der Waals surface area contributed by atoms with Gasteiger partial charge in [0, 0.05) is 24.4 Å². The molecular formula is C11H20N2S. The second-order valence-electron chi connectivity index (χ2n) is 4.09. The molecule has 3 heteroatoms. The lowest BCUT2D eigenvalue weighted by Crippen LogP contribution is -2.32. The monoisotopic (exact) mass is 212 g/mol. The summed E-state index contributed by atoms with van der Waals surface area (Å²) in [4.78, 5) is 4.43. The van der Waals surface area contributed by atoms with Gasteiger partial charge in [-0.25, -0.2) is 4.98 Å². The van der Waals surface area contributed by atoms with Gasteiger partial charge in [0.15, 0.2) is 0 Å². The lowest BCUT2D eigenvalue weighted by molar-refractivity contribution is 0.429. The van der Waals surface area contributed by atoms with Crippen molar-refractivity contribution in [3.8, 4) is 0 Å². The Labute approximate surface area is 90.8 Å². The third kappa shape index (κ3) is 3.76. The zero-order valence-corrected chi connectivity index (χ0v) is 10.3. The Bertz CT molecular complexity index is 268. The van der Waals surface area contributed by atoms with Crippen LogP contribution in [0.2, 0.25) is 0 Å². The number of hydrogen-bond acceptors (Lipinski definition) is 3. The van der Waals surface area contributed by atoms with Gasteiger partial charge in [-0.1, -0.05) is 13.8 Å². The van der Waals surface area contributed by atoms with Crippen LogP contribution in [0.3, 0.4) is 0 Å². The standard InChI is InChI=1S/C11H20N2S/c1-8(2)9(3)12-6-5-11-7-14-10(4)13-11/h7-9,12H,5-6H2,1-4H3. The third-order valence-corrected chi connectivity index (χ3v) is 3.34. The van der Waals surface area contributed by atoms with Gasteiger partial charge >= 0.3 is 0 Å². The van der Waals surface area contributed by atoms with Crippen molar-refractivity contribution in [1.29, 1.82) is 0 Å². The van der Waals surface area contributed by atoms with Crippen molar-refractivity contribution in [1.82, 2.24) is 10.3 Å². The predicted octanol–water partition coefficient (Wildman–Crippen LogP) is 2.63. The van der Waals surface area contributed by atoms with Crippen LogP contribution in [0, 0.1) is 12.8 Å². The van der Waals surface area contributed by atoms with Crippen LogP contribution in [0.1, 0.15) is 31.5 Å². The molecule has 1 N–H and O–H groups in total. The average molecular weight is 212 g/mol. The molecule has 0 aliphatic heterocycles. The van der Waals surface area contributed by atoms with Crippen molar-refractivity contribution < 1.29 is 0 Å². The van der Waals surface area contributed by atoms with E-state index >= 15 is 0 Å². The van der Waals surface area contributed by atoms with Crippen LogP contribution < -0.4 is 5.32 Å². The van der Waals surface area contributed by atoms with Crippen LogP contribution in [0.4, 0.5) is 0 Å². The van der Waals surface area contributed by atoms with Crippen LogP contribution in [0.5, 0.6) is 0 Å². The number of aryl methyl sites for hydroxylation is 1. The van der Waals surface area contributed by atoms with Crippen LogP contribution >= 0.6 is 11.3 Å². The van der Waals surface area contributed by atoms with Crippen molar-refractivity contribution >= 4 is 11.3 Å². The lowest BCUT2D eigenvalue weighted by atomic mass is 10.1. The van der Waals surface area contributed by atoms with E-state index in [-0.39, 0.29) is 0 Å². The van der Waals surface area contributed by atoms with Crippen molar-refractivity contribution in [3.05, 3.63) is 16.1 Å². The molecule has 0 bridgehead atoms. The minimum Gasteiger partial charge on any atom is -0.314 e. The average Bonchev–Trinajstić information content (AvgIpc) is 2.51. The molecular weight excluding hydrogens is 192 g/mol. The molecule has 1 aromatic rings. The summed E-state index contributed by atoms with van der Waals surface area (Å²) in [5, 5.41) is 6.82. The second-order valence-corrected chi connectivity index (χ2v) is 5.16. The number of aromatic nitrogens is 1.